The minimum atomic E-state index is -4.04. The molecule has 0 spiro atoms. The molecule has 0 aliphatic rings. The van der Waals surface area contributed by atoms with E-state index in [1.165, 1.54) is 7.11 Å². The highest BCUT2D eigenvalue weighted by molar-refractivity contribution is 7.92. The molecular formula is C26H30N2O4S. The summed E-state index contributed by atoms with van der Waals surface area (Å²) in [6.45, 7) is 9.17. The van der Waals surface area contributed by atoms with Gasteiger partial charge in [0.15, 0.2) is 0 Å². The molecule has 0 fully saturated rings. The van der Waals surface area contributed by atoms with Crippen LogP contribution in [0.5, 0.6) is 5.75 Å². The van der Waals surface area contributed by atoms with Crippen molar-refractivity contribution in [2.45, 2.75) is 39.5 Å². The van der Waals surface area contributed by atoms with E-state index in [1.54, 1.807) is 36.4 Å². The van der Waals surface area contributed by atoms with Crippen molar-refractivity contribution in [3.63, 3.8) is 0 Å². The van der Waals surface area contributed by atoms with Crippen molar-refractivity contribution < 1.29 is 17.9 Å². The Kier molecular flexibility index (Phi) is 7.12. The van der Waals surface area contributed by atoms with Crippen molar-refractivity contribution in [2.75, 3.05) is 23.3 Å². The van der Waals surface area contributed by atoms with Crippen LogP contribution in [0.2, 0.25) is 0 Å². The van der Waals surface area contributed by atoms with Gasteiger partial charge < -0.3 is 10.1 Å². The average Bonchev–Trinajstić information content (AvgIpc) is 2.74. The van der Waals surface area contributed by atoms with E-state index in [0.29, 0.717) is 17.1 Å². The minimum absolute atomic E-state index is 0.104. The lowest BCUT2D eigenvalue weighted by Crippen LogP contribution is -2.38. The summed E-state index contributed by atoms with van der Waals surface area (Å²) in [6, 6.07) is 15.8. The zero-order valence-electron chi connectivity index (χ0n) is 19.9. The van der Waals surface area contributed by atoms with Gasteiger partial charge in [-0.15, -0.1) is 0 Å². The summed E-state index contributed by atoms with van der Waals surface area (Å²) in [5.41, 5.74) is 5.72. The summed E-state index contributed by atoms with van der Waals surface area (Å²) in [5.74, 6) is -0.0731. The lowest BCUT2D eigenvalue weighted by Gasteiger charge is -2.26. The molecule has 6 nitrogen and oxygen atoms in total. The topological polar surface area (TPSA) is 75.7 Å². The Balaban J connectivity index is 2.05. The molecule has 1 N–H and O–H groups in total. The first-order chi connectivity index (χ1) is 15.5. The number of carbonyl (C=O) groups excluding carboxylic acids is 1. The molecule has 3 rings (SSSR count). The van der Waals surface area contributed by atoms with Gasteiger partial charge in [0.1, 0.15) is 12.3 Å². The minimum Gasteiger partial charge on any atom is -0.495 e. The highest BCUT2D eigenvalue weighted by Crippen LogP contribution is 2.33. The third-order valence-electron chi connectivity index (χ3n) is 5.44. The van der Waals surface area contributed by atoms with Gasteiger partial charge in [0.25, 0.3) is 10.0 Å². The summed E-state index contributed by atoms with van der Waals surface area (Å²) >= 11 is 0. The molecule has 0 unspecified atom stereocenters. The van der Waals surface area contributed by atoms with Gasteiger partial charge >= 0.3 is 0 Å². The largest absolute Gasteiger partial charge is 0.495 e. The van der Waals surface area contributed by atoms with Gasteiger partial charge in [0.05, 0.1) is 17.7 Å². The van der Waals surface area contributed by atoms with Crippen molar-refractivity contribution in [1.82, 2.24) is 0 Å². The van der Waals surface area contributed by atoms with Gasteiger partial charge in [0.2, 0.25) is 5.91 Å². The number of sulfonamides is 1. The van der Waals surface area contributed by atoms with E-state index in [9.17, 15) is 13.2 Å². The van der Waals surface area contributed by atoms with Gasteiger partial charge in [-0.3, -0.25) is 9.10 Å². The Labute approximate surface area is 196 Å². The molecule has 3 aromatic rings. The number of methoxy groups -OCH3 is 1. The quantitative estimate of drug-likeness (QED) is 0.527. The van der Waals surface area contributed by atoms with E-state index in [0.717, 1.165) is 32.1 Å². The van der Waals surface area contributed by atoms with E-state index < -0.39 is 22.5 Å². The number of rotatable bonds is 7. The first kappa shape index (κ1) is 24.3. The second kappa shape index (κ2) is 9.67. The van der Waals surface area contributed by atoms with E-state index >= 15 is 0 Å². The number of hydrogen-bond donors (Lipinski definition) is 1. The van der Waals surface area contributed by atoms with Crippen molar-refractivity contribution in [1.29, 1.82) is 0 Å². The predicted octanol–water partition coefficient (Wildman–Crippen LogP) is 5.07. The Morgan fingerprint density at radius 3 is 2.00 bits per heavy atom. The SMILES string of the molecule is COc1ccc(C)cc1N(CC(=O)Nc1c(C)cc(C)cc1C)S(=O)(=O)c1ccc(C)cc1. The van der Waals surface area contributed by atoms with E-state index in [-0.39, 0.29) is 4.90 Å². The number of amides is 1. The van der Waals surface area contributed by atoms with Gasteiger partial charge in [-0.2, -0.15) is 0 Å². The van der Waals surface area contributed by atoms with Crippen LogP contribution in [0.1, 0.15) is 27.8 Å². The molecule has 0 heterocycles. The molecule has 0 saturated heterocycles. The fraction of sp³-hybridized carbons (Fsp3) is 0.269. The molecule has 0 aromatic heterocycles. The van der Waals surface area contributed by atoms with Crippen molar-refractivity contribution in [3.8, 4) is 5.75 Å². The number of ether oxygens (including phenoxy) is 1. The van der Waals surface area contributed by atoms with Crippen LogP contribution in [0.3, 0.4) is 0 Å². The Hall–Kier alpha value is -3.32. The summed E-state index contributed by atoms with van der Waals surface area (Å²) in [7, 11) is -2.57. The second-order valence-corrected chi connectivity index (χ2v) is 10.2. The predicted molar refractivity (Wildman–Crippen MR) is 133 cm³/mol. The zero-order chi connectivity index (χ0) is 24.3. The van der Waals surface area contributed by atoms with Crippen LogP contribution < -0.4 is 14.4 Å². The molecule has 7 heteroatoms. The van der Waals surface area contributed by atoms with Crippen LogP contribution in [0, 0.1) is 34.6 Å². The number of nitrogens with one attached hydrogen (secondary N) is 1. The normalized spacial score (nSPS) is 11.2. The van der Waals surface area contributed by atoms with Crippen molar-refractivity contribution >= 4 is 27.3 Å². The van der Waals surface area contributed by atoms with Crippen LogP contribution >= 0.6 is 0 Å². The van der Waals surface area contributed by atoms with Gasteiger partial charge in [-0.25, -0.2) is 8.42 Å². The second-order valence-electron chi connectivity index (χ2n) is 8.32. The van der Waals surface area contributed by atoms with Crippen LogP contribution in [-0.4, -0.2) is 28.0 Å². The van der Waals surface area contributed by atoms with E-state index in [4.69, 9.17) is 4.74 Å². The van der Waals surface area contributed by atoms with Crippen LogP contribution in [0.25, 0.3) is 0 Å². The molecule has 0 aliphatic carbocycles. The third-order valence-corrected chi connectivity index (χ3v) is 7.21. The molecule has 0 atom stereocenters. The standard InChI is InChI=1S/C26H30N2O4S/c1-17-7-10-22(11-8-17)33(30,31)28(23-15-18(2)9-12-24(23)32-6)16-25(29)27-26-20(4)13-19(3)14-21(26)5/h7-15H,16H2,1-6H3,(H,27,29). The number of nitrogens with zero attached hydrogens (tertiary/aromatic N) is 1. The fourth-order valence-electron chi connectivity index (χ4n) is 3.82. The number of aryl methyl sites for hydroxylation is 5. The van der Waals surface area contributed by atoms with Gasteiger partial charge in [-0.1, -0.05) is 41.5 Å². The third kappa shape index (κ3) is 5.37. The maximum atomic E-state index is 13.7. The van der Waals surface area contributed by atoms with E-state index in [1.807, 2.05) is 52.8 Å². The fourth-order valence-corrected chi connectivity index (χ4v) is 5.24. The van der Waals surface area contributed by atoms with Gasteiger partial charge in [-0.05, 0) is 75.6 Å². The molecule has 3 aromatic carbocycles. The number of benzene rings is 3. The first-order valence-electron chi connectivity index (χ1n) is 10.6. The maximum absolute atomic E-state index is 13.7. The maximum Gasteiger partial charge on any atom is 0.264 e. The lowest BCUT2D eigenvalue weighted by molar-refractivity contribution is -0.114. The van der Waals surface area contributed by atoms with Gasteiger partial charge in [0, 0.05) is 5.69 Å². The first-order valence-corrected chi connectivity index (χ1v) is 12.1. The molecule has 174 valence electrons. The highest BCUT2D eigenvalue weighted by atomic mass is 32.2. The lowest BCUT2D eigenvalue weighted by atomic mass is 10.1. The highest BCUT2D eigenvalue weighted by Gasteiger charge is 2.30. The molecule has 0 bridgehead atoms. The Bertz CT molecular complexity index is 1260. The Morgan fingerprint density at radius 2 is 1.42 bits per heavy atom. The molecule has 0 saturated carbocycles. The van der Waals surface area contributed by atoms with Crippen molar-refractivity contribution in [2.24, 2.45) is 0 Å². The monoisotopic (exact) mass is 466 g/mol. The average molecular weight is 467 g/mol. The number of anilines is 2. The summed E-state index contributed by atoms with van der Waals surface area (Å²) in [6.07, 6.45) is 0. The van der Waals surface area contributed by atoms with E-state index in [2.05, 4.69) is 5.32 Å². The molecule has 0 radical (unpaired) electrons. The smallest absolute Gasteiger partial charge is 0.264 e. The number of hydrogen-bond acceptors (Lipinski definition) is 4. The summed E-state index contributed by atoms with van der Waals surface area (Å²) in [5, 5.41) is 2.90. The van der Waals surface area contributed by atoms with Crippen LogP contribution in [0.4, 0.5) is 11.4 Å². The summed E-state index contributed by atoms with van der Waals surface area (Å²) in [4.78, 5) is 13.2. The Morgan fingerprint density at radius 1 is 0.848 bits per heavy atom. The van der Waals surface area contributed by atoms with Crippen LogP contribution in [0.15, 0.2) is 59.5 Å². The molecular weight excluding hydrogens is 436 g/mol. The molecule has 33 heavy (non-hydrogen) atoms. The number of carbonyl (C=O) groups is 1. The van der Waals surface area contributed by atoms with Crippen molar-refractivity contribution in [3.05, 3.63) is 82.4 Å². The summed E-state index contributed by atoms with van der Waals surface area (Å²) < 4.78 is 33.9. The van der Waals surface area contributed by atoms with Crippen LogP contribution in [-0.2, 0) is 14.8 Å². The zero-order valence-corrected chi connectivity index (χ0v) is 20.7. The molecule has 0 aliphatic heterocycles. The molecule has 1 amide bonds.